The Kier molecular flexibility index (Phi) is 4.77. The van der Waals surface area contributed by atoms with Gasteiger partial charge in [-0.3, -0.25) is 14.2 Å². The quantitative estimate of drug-likeness (QED) is 0.531. The largest absolute Gasteiger partial charge is 0.336 e. The fraction of sp³-hybridized carbons (Fsp3) is 0.208. The van der Waals surface area contributed by atoms with Crippen LogP contribution in [0, 0.1) is 0 Å². The van der Waals surface area contributed by atoms with E-state index in [0.29, 0.717) is 0 Å². The minimum absolute atomic E-state index is 0.0963. The second kappa shape index (κ2) is 7.72. The summed E-state index contributed by atoms with van der Waals surface area (Å²) in [6.07, 6.45) is 5.65. The topological polar surface area (TPSA) is 53.7 Å². The van der Waals surface area contributed by atoms with Gasteiger partial charge in [0, 0.05) is 49.1 Å². The molecule has 2 aromatic heterocycles. The van der Waals surface area contributed by atoms with Crippen molar-refractivity contribution in [1.29, 1.82) is 0 Å². The van der Waals surface area contributed by atoms with Crippen LogP contribution in [0.3, 0.4) is 0 Å². The third kappa shape index (κ3) is 3.46. The first kappa shape index (κ1) is 18.5. The molecule has 1 amide bonds. The zero-order chi connectivity index (χ0) is 20.5. The third-order valence-corrected chi connectivity index (χ3v) is 5.68. The smallest absolute Gasteiger partial charge is 0.253 e. The molecule has 4 aromatic rings. The molecule has 1 aliphatic heterocycles. The zero-order valence-corrected chi connectivity index (χ0v) is 16.9. The summed E-state index contributed by atoms with van der Waals surface area (Å²) in [7, 11) is 2.09. The number of benzene rings is 2. The Balaban J connectivity index is 1.42. The highest BCUT2D eigenvalue weighted by Gasteiger charge is 2.20. The Morgan fingerprint density at radius 2 is 1.57 bits per heavy atom. The molecule has 5 rings (SSSR count). The van der Waals surface area contributed by atoms with Gasteiger partial charge in [-0.25, -0.2) is 4.98 Å². The lowest BCUT2D eigenvalue weighted by atomic mass is 10.1. The Labute approximate surface area is 175 Å². The first-order valence-electron chi connectivity index (χ1n) is 10.2. The van der Waals surface area contributed by atoms with Crippen LogP contribution in [0.4, 0.5) is 0 Å². The molecule has 0 spiro atoms. The molecule has 150 valence electrons. The van der Waals surface area contributed by atoms with Crippen LogP contribution in [0.2, 0.25) is 0 Å². The Morgan fingerprint density at radius 3 is 2.30 bits per heavy atom. The Morgan fingerprint density at radius 1 is 0.833 bits per heavy atom. The molecule has 0 saturated carbocycles. The number of piperazine rings is 1. The summed E-state index contributed by atoms with van der Waals surface area (Å²) in [5.41, 5.74) is 5.47. The van der Waals surface area contributed by atoms with Crippen LogP contribution >= 0.6 is 0 Å². The van der Waals surface area contributed by atoms with E-state index in [1.54, 1.807) is 6.20 Å². The van der Waals surface area contributed by atoms with Crippen LogP contribution in [-0.4, -0.2) is 63.3 Å². The fourth-order valence-electron chi connectivity index (χ4n) is 3.84. The number of hydrogen-bond donors (Lipinski definition) is 0. The highest BCUT2D eigenvalue weighted by Crippen LogP contribution is 2.24. The van der Waals surface area contributed by atoms with Crippen LogP contribution in [0.5, 0.6) is 0 Å². The minimum Gasteiger partial charge on any atom is -0.336 e. The standard InChI is InChI=1S/C24H23N5O/c1-27-11-13-28(14-12-27)24(30)20-9-7-18(8-10-20)21-17-29-22(15-26-23(29)16-25-21)19-5-3-2-4-6-19/h2-10,15-17H,11-14H2,1H3. The number of fused-ring (bicyclic) bond motifs is 1. The van der Waals surface area contributed by atoms with Gasteiger partial charge >= 0.3 is 0 Å². The molecule has 2 aromatic carbocycles. The number of imidazole rings is 1. The maximum atomic E-state index is 12.8. The van der Waals surface area contributed by atoms with Gasteiger partial charge in [0.25, 0.3) is 5.91 Å². The predicted octanol–water partition coefficient (Wildman–Crippen LogP) is 3.45. The molecule has 0 bridgehead atoms. The van der Waals surface area contributed by atoms with Crippen molar-refractivity contribution in [3.63, 3.8) is 0 Å². The monoisotopic (exact) mass is 397 g/mol. The lowest BCUT2D eigenvalue weighted by molar-refractivity contribution is 0.0664. The molecule has 1 aliphatic rings. The molecule has 0 unspecified atom stereocenters. The highest BCUT2D eigenvalue weighted by atomic mass is 16.2. The summed E-state index contributed by atoms with van der Waals surface area (Å²) in [5, 5.41) is 0. The number of carbonyl (C=O) groups excluding carboxylic acids is 1. The van der Waals surface area contributed by atoms with Crippen LogP contribution in [0.25, 0.3) is 28.2 Å². The van der Waals surface area contributed by atoms with Gasteiger partial charge in [-0.2, -0.15) is 0 Å². The summed E-state index contributed by atoms with van der Waals surface area (Å²) in [5.74, 6) is 0.0963. The lowest BCUT2D eigenvalue weighted by Crippen LogP contribution is -2.47. The van der Waals surface area contributed by atoms with Crippen LogP contribution in [0.1, 0.15) is 10.4 Å². The van der Waals surface area contributed by atoms with Crippen molar-refractivity contribution in [2.24, 2.45) is 0 Å². The van der Waals surface area contributed by atoms with Crippen molar-refractivity contribution in [1.82, 2.24) is 24.2 Å². The normalized spacial score (nSPS) is 14.9. The van der Waals surface area contributed by atoms with E-state index in [4.69, 9.17) is 0 Å². The van der Waals surface area contributed by atoms with Crippen molar-refractivity contribution in [3.05, 3.63) is 78.8 Å². The number of amides is 1. The van der Waals surface area contributed by atoms with Crippen molar-refractivity contribution in [2.45, 2.75) is 0 Å². The molecule has 3 heterocycles. The summed E-state index contributed by atoms with van der Waals surface area (Å²) >= 11 is 0. The first-order valence-corrected chi connectivity index (χ1v) is 10.2. The Hall–Kier alpha value is -3.51. The molecule has 6 heteroatoms. The average molecular weight is 397 g/mol. The molecule has 30 heavy (non-hydrogen) atoms. The van der Waals surface area contributed by atoms with Gasteiger partial charge in [0.1, 0.15) is 0 Å². The van der Waals surface area contributed by atoms with Crippen LogP contribution in [-0.2, 0) is 0 Å². The fourth-order valence-corrected chi connectivity index (χ4v) is 3.84. The highest BCUT2D eigenvalue weighted by molar-refractivity contribution is 5.94. The van der Waals surface area contributed by atoms with Crippen LogP contribution < -0.4 is 0 Å². The van der Waals surface area contributed by atoms with Gasteiger partial charge in [0.15, 0.2) is 5.65 Å². The third-order valence-electron chi connectivity index (χ3n) is 5.68. The zero-order valence-electron chi connectivity index (χ0n) is 16.9. The SMILES string of the molecule is CN1CCN(C(=O)c2ccc(-c3cn4c(-c5ccccc5)cnc4cn3)cc2)CC1. The molecular weight excluding hydrogens is 374 g/mol. The second-order valence-corrected chi connectivity index (χ2v) is 7.68. The van der Waals surface area contributed by atoms with Crippen molar-refractivity contribution in [2.75, 3.05) is 33.2 Å². The number of hydrogen-bond acceptors (Lipinski definition) is 4. The molecule has 0 atom stereocenters. The predicted molar refractivity (Wildman–Crippen MR) is 117 cm³/mol. The molecule has 1 saturated heterocycles. The van der Waals surface area contributed by atoms with E-state index in [-0.39, 0.29) is 5.91 Å². The summed E-state index contributed by atoms with van der Waals surface area (Å²) in [6, 6.07) is 17.9. The number of likely N-dealkylation sites (N-methyl/N-ethyl adjacent to an activating group) is 1. The van der Waals surface area contributed by atoms with Gasteiger partial charge in [-0.15, -0.1) is 0 Å². The van der Waals surface area contributed by atoms with E-state index in [0.717, 1.165) is 59.9 Å². The second-order valence-electron chi connectivity index (χ2n) is 7.68. The van der Waals surface area contributed by atoms with E-state index in [1.165, 1.54) is 0 Å². The summed E-state index contributed by atoms with van der Waals surface area (Å²) < 4.78 is 2.06. The molecule has 6 nitrogen and oxygen atoms in total. The first-order chi connectivity index (χ1) is 14.7. The molecule has 0 N–H and O–H groups in total. The summed E-state index contributed by atoms with van der Waals surface area (Å²) in [6.45, 7) is 3.39. The minimum atomic E-state index is 0.0963. The molecular formula is C24H23N5O. The van der Waals surface area contributed by atoms with Gasteiger partial charge < -0.3 is 9.80 Å². The maximum absolute atomic E-state index is 12.8. The maximum Gasteiger partial charge on any atom is 0.253 e. The van der Waals surface area contributed by atoms with Gasteiger partial charge in [-0.05, 0) is 19.2 Å². The van der Waals surface area contributed by atoms with Gasteiger partial charge in [-0.1, -0.05) is 42.5 Å². The van der Waals surface area contributed by atoms with Crippen molar-refractivity contribution >= 4 is 11.6 Å². The number of rotatable bonds is 3. The number of aromatic nitrogens is 3. The van der Waals surface area contributed by atoms with E-state index in [9.17, 15) is 4.79 Å². The van der Waals surface area contributed by atoms with Crippen molar-refractivity contribution < 1.29 is 4.79 Å². The Bertz CT molecular complexity index is 1180. The number of carbonyl (C=O) groups is 1. The van der Waals surface area contributed by atoms with E-state index < -0.39 is 0 Å². The van der Waals surface area contributed by atoms with E-state index in [1.807, 2.05) is 59.8 Å². The molecule has 0 aliphatic carbocycles. The van der Waals surface area contributed by atoms with E-state index >= 15 is 0 Å². The molecule has 0 radical (unpaired) electrons. The summed E-state index contributed by atoms with van der Waals surface area (Å²) in [4.78, 5) is 26.0. The average Bonchev–Trinajstić information content (AvgIpc) is 3.23. The lowest BCUT2D eigenvalue weighted by Gasteiger charge is -2.32. The van der Waals surface area contributed by atoms with Crippen molar-refractivity contribution in [3.8, 4) is 22.5 Å². The van der Waals surface area contributed by atoms with E-state index in [2.05, 4.69) is 38.4 Å². The van der Waals surface area contributed by atoms with Crippen LogP contribution in [0.15, 0.2) is 73.2 Å². The number of nitrogens with zero attached hydrogens (tertiary/aromatic N) is 5. The van der Waals surface area contributed by atoms with Gasteiger partial charge in [0.05, 0.1) is 23.8 Å². The van der Waals surface area contributed by atoms with Gasteiger partial charge in [0.2, 0.25) is 0 Å². The molecule has 1 fully saturated rings.